The summed E-state index contributed by atoms with van der Waals surface area (Å²) in [4.78, 5) is 25.1. The molecule has 1 fully saturated rings. The van der Waals surface area contributed by atoms with Gasteiger partial charge in [0.05, 0.1) is 5.92 Å². The highest BCUT2D eigenvalue weighted by molar-refractivity contribution is 5.83. The van der Waals surface area contributed by atoms with Gasteiger partial charge in [-0.15, -0.1) is 0 Å². The van der Waals surface area contributed by atoms with Crippen molar-refractivity contribution in [3.05, 3.63) is 30.1 Å². The lowest BCUT2D eigenvalue weighted by Gasteiger charge is -2.32. The number of hydrogen-bond donors (Lipinski definition) is 1. The van der Waals surface area contributed by atoms with E-state index in [0.29, 0.717) is 25.3 Å². The molecule has 2 rings (SSSR count). The second-order valence-corrected chi connectivity index (χ2v) is 5.24. The zero-order valence-electron chi connectivity index (χ0n) is 11.9. The number of carbonyl (C=O) groups is 2. The Bertz CT molecular complexity index is 518. The molecule has 0 aromatic heterocycles. The summed E-state index contributed by atoms with van der Waals surface area (Å²) in [6, 6.07) is 5.50. The van der Waals surface area contributed by atoms with Gasteiger partial charge in [0.1, 0.15) is 11.6 Å². The number of hydrogen-bond acceptors (Lipinski definition) is 3. The minimum atomic E-state index is -0.693. The van der Waals surface area contributed by atoms with E-state index in [9.17, 15) is 14.0 Å². The lowest BCUT2D eigenvalue weighted by molar-refractivity contribution is -0.141. The molecule has 1 saturated heterocycles. The maximum Gasteiger partial charge on any atom is 0.263 e. The molecule has 1 aromatic rings. The van der Waals surface area contributed by atoms with Gasteiger partial charge < -0.3 is 15.4 Å². The Balaban J connectivity index is 1.95. The first-order chi connectivity index (χ1) is 9.97. The lowest BCUT2D eigenvalue weighted by Crippen LogP contribution is -2.48. The number of nitrogens with two attached hydrogens (primary N) is 1. The molecule has 2 unspecified atom stereocenters. The predicted molar refractivity (Wildman–Crippen MR) is 75.0 cm³/mol. The van der Waals surface area contributed by atoms with Gasteiger partial charge >= 0.3 is 0 Å². The summed E-state index contributed by atoms with van der Waals surface area (Å²) < 4.78 is 18.3. The number of primary amides is 1. The molecule has 2 N–H and O–H groups in total. The third-order valence-corrected chi connectivity index (χ3v) is 3.61. The number of halogens is 1. The van der Waals surface area contributed by atoms with Gasteiger partial charge in [-0.2, -0.15) is 0 Å². The zero-order chi connectivity index (χ0) is 15.4. The second kappa shape index (κ2) is 6.56. The van der Waals surface area contributed by atoms with Crippen LogP contribution in [0.15, 0.2) is 24.3 Å². The average molecular weight is 294 g/mol. The van der Waals surface area contributed by atoms with Crippen molar-refractivity contribution in [2.75, 3.05) is 13.1 Å². The van der Waals surface area contributed by atoms with E-state index in [4.69, 9.17) is 10.5 Å². The minimum Gasteiger partial charge on any atom is -0.481 e. The number of amides is 2. The third-order valence-electron chi connectivity index (χ3n) is 3.61. The van der Waals surface area contributed by atoms with Crippen LogP contribution in [0, 0.1) is 11.7 Å². The van der Waals surface area contributed by atoms with Crippen LogP contribution in [0.3, 0.4) is 0 Å². The van der Waals surface area contributed by atoms with Crippen LogP contribution in [0.4, 0.5) is 4.39 Å². The summed E-state index contributed by atoms with van der Waals surface area (Å²) in [6.07, 6.45) is 0.775. The van der Waals surface area contributed by atoms with Crippen LogP contribution < -0.4 is 10.5 Å². The Morgan fingerprint density at radius 2 is 2.05 bits per heavy atom. The van der Waals surface area contributed by atoms with Crippen molar-refractivity contribution in [2.24, 2.45) is 11.7 Å². The normalized spacial score (nSPS) is 19.9. The fraction of sp³-hybridized carbons (Fsp3) is 0.467. The first kappa shape index (κ1) is 15.3. The summed E-state index contributed by atoms with van der Waals surface area (Å²) in [7, 11) is 0. The van der Waals surface area contributed by atoms with Crippen LogP contribution in [0.2, 0.25) is 0 Å². The van der Waals surface area contributed by atoms with E-state index in [0.717, 1.165) is 6.42 Å². The van der Waals surface area contributed by atoms with Crippen molar-refractivity contribution in [3.8, 4) is 5.75 Å². The fourth-order valence-corrected chi connectivity index (χ4v) is 2.43. The van der Waals surface area contributed by atoms with E-state index in [2.05, 4.69) is 0 Å². The lowest BCUT2D eigenvalue weighted by atomic mass is 9.97. The van der Waals surface area contributed by atoms with E-state index in [1.807, 2.05) is 0 Å². The van der Waals surface area contributed by atoms with Gasteiger partial charge in [-0.3, -0.25) is 9.59 Å². The molecular formula is C15H19FN2O3. The third kappa shape index (κ3) is 3.93. The molecule has 114 valence electrons. The summed E-state index contributed by atoms with van der Waals surface area (Å²) in [6.45, 7) is 2.57. The van der Waals surface area contributed by atoms with E-state index in [1.54, 1.807) is 11.8 Å². The van der Waals surface area contributed by atoms with Crippen LogP contribution in [0.25, 0.3) is 0 Å². The standard InChI is InChI=1S/C15H19FN2O3/c1-10(21-13-6-4-12(16)5-7-13)15(20)18-8-2-3-11(9-18)14(17)19/h4-7,10-11H,2-3,8-9H2,1H3,(H2,17,19). The van der Waals surface area contributed by atoms with Crippen molar-refractivity contribution in [1.29, 1.82) is 0 Å². The maximum atomic E-state index is 12.8. The van der Waals surface area contributed by atoms with Crippen molar-refractivity contribution in [2.45, 2.75) is 25.9 Å². The SMILES string of the molecule is CC(Oc1ccc(F)cc1)C(=O)N1CCCC(C(N)=O)C1. The molecule has 2 amide bonds. The molecule has 0 bridgehead atoms. The van der Waals surface area contributed by atoms with Crippen molar-refractivity contribution < 1.29 is 18.7 Å². The Morgan fingerprint density at radius 1 is 1.38 bits per heavy atom. The Hall–Kier alpha value is -2.11. The molecule has 2 atom stereocenters. The number of ether oxygens (including phenoxy) is 1. The fourth-order valence-electron chi connectivity index (χ4n) is 2.43. The highest BCUT2D eigenvalue weighted by atomic mass is 19.1. The van der Waals surface area contributed by atoms with E-state index in [-0.39, 0.29) is 23.5 Å². The Morgan fingerprint density at radius 3 is 2.67 bits per heavy atom. The maximum absolute atomic E-state index is 12.8. The molecule has 1 aliphatic heterocycles. The first-order valence-electron chi connectivity index (χ1n) is 6.97. The minimum absolute atomic E-state index is 0.190. The smallest absolute Gasteiger partial charge is 0.263 e. The van der Waals surface area contributed by atoms with Gasteiger partial charge in [0, 0.05) is 13.1 Å². The van der Waals surface area contributed by atoms with Crippen LogP contribution in [0.1, 0.15) is 19.8 Å². The molecule has 0 spiro atoms. The topological polar surface area (TPSA) is 72.6 Å². The van der Waals surface area contributed by atoms with E-state index in [1.165, 1.54) is 24.3 Å². The van der Waals surface area contributed by atoms with Gasteiger partial charge in [-0.25, -0.2) is 4.39 Å². The summed E-state index contributed by atoms with van der Waals surface area (Å²) >= 11 is 0. The summed E-state index contributed by atoms with van der Waals surface area (Å²) in [5.74, 6) is -0.784. The van der Waals surface area contributed by atoms with Gasteiger partial charge in [-0.05, 0) is 44.0 Å². The van der Waals surface area contributed by atoms with Crippen molar-refractivity contribution >= 4 is 11.8 Å². The number of rotatable bonds is 4. The zero-order valence-corrected chi connectivity index (χ0v) is 11.9. The Kier molecular flexibility index (Phi) is 4.77. The second-order valence-electron chi connectivity index (χ2n) is 5.24. The number of benzene rings is 1. The van der Waals surface area contributed by atoms with E-state index < -0.39 is 6.10 Å². The number of nitrogens with zero attached hydrogens (tertiary/aromatic N) is 1. The predicted octanol–water partition coefficient (Wildman–Crippen LogP) is 1.32. The van der Waals surface area contributed by atoms with Crippen LogP contribution in [-0.4, -0.2) is 35.9 Å². The van der Waals surface area contributed by atoms with Crippen LogP contribution >= 0.6 is 0 Å². The molecule has 1 aliphatic rings. The Labute approximate surface area is 122 Å². The summed E-state index contributed by atoms with van der Waals surface area (Å²) in [5, 5.41) is 0. The largest absolute Gasteiger partial charge is 0.481 e. The van der Waals surface area contributed by atoms with Crippen LogP contribution in [0.5, 0.6) is 5.75 Å². The van der Waals surface area contributed by atoms with Crippen LogP contribution in [-0.2, 0) is 9.59 Å². The molecule has 1 heterocycles. The quantitative estimate of drug-likeness (QED) is 0.910. The van der Waals surface area contributed by atoms with Crippen molar-refractivity contribution in [1.82, 2.24) is 4.90 Å². The first-order valence-corrected chi connectivity index (χ1v) is 6.97. The highest BCUT2D eigenvalue weighted by Gasteiger charge is 2.30. The number of piperidine rings is 1. The monoisotopic (exact) mass is 294 g/mol. The molecule has 0 aliphatic carbocycles. The average Bonchev–Trinajstić information content (AvgIpc) is 2.49. The molecular weight excluding hydrogens is 275 g/mol. The number of carbonyl (C=O) groups excluding carboxylic acids is 2. The molecule has 5 nitrogen and oxygen atoms in total. The molecule has 21 heavy (non-hydrogen) atoms. The van der Waals surface area contributed by atoms with Gasteiger partial charge in [-0.1, -0.05) is 0 Å². The molecule has 6 heteroatoms. The highest BCUT2D eigenvalue weighted by Crippen LogP contribution is 2.19. The molecule has 1 aromatic carbocycles. The van der Waals surface area contributed by atoms with Gasteiger partial charge in [0.2, 0.25) is 5.91 Å². The molecule has 0 saturated carbocycles. The summed E-state index contributed by atoms with van der Waals surface area (Å²) in [5.41, 5.74) is 5.30. The number of likely N-dealkylation sites (tertiary alicyclic amines) is 1. The van der Waals surface area contributed by atoms with Gasteiger partial charge in [0.25, 0.3) is 5.91 Å². The molecule has 0 radical (unpaired) electrons. The van der Waals surface area contributed by atoms with E-state index >= 15 is 0 Å². The van der Waals surface area contributed by atoms with Crippen molar-refractivity contribution in [3.63, 3.8) is 0 Å². The van der Waals surface area contributed by atoms with Gasteiger partial charge in [0.15, 0.2) is 6.10 Å².